The molecule has 0 fully saturated rings. The van der Waals surface area contributed by atoms with E-state index in [0.717, 1.165) is 6.42 Å². The van der Waals surface area contributed by atoms with Crippen molar-refractivity contribution in [1.29, 1.82) is 0 Å². The van der Waals surface area contributed by atoms with Gasteiger partial charge in [-0.1, -0.05) is 20.8 Å². The Balaban J connectivity index is 4.26. The van der Waals surface area contributed by atoms with Crippen molar-refractivity contribution in [3.63, 3.8) is 0 Å². The van der Waals surface area contributed by atoms with Crippen molar-refractivity contribution in [3.8, 4) is 0 Å². The summed E-state index contributed by atoms with van der Waals surface area (Å²) < 4.78 is 5.44. The van der Waals surface area contributed by atoms with Crippen LogP contribution in [0.3, 0.4) is 0 Å². The predicted octanol–water partition coefficient (Wildman–Crippen LogP) is 2.00. The van der Waals surface area contributed by atoms with Crippen LogP contribution in [0.15, 0.2) is 0 Å². The molecule has 0 saturated heterocycles. The molecule has 0 rings (SSSR count). The number of nitrogens with zero attached hydrogens (tertiary/aromatic N) is 1. The summed E-state index contributed by atoms with van der Waals surface area (Å²) in [5, 5.41) is 0. The second-order valence-corrected chi connectivity index (χ2v) is 3.88. The fraction of sp³-hybridized carbons (Fsp3) is 1.00. The molecule has 0 aliphatic rings. The highest BCUT2D eigenvalue weighted by Crippen LogP contribution is 2.16. The first-order chi connectivity index (χ1) is 5.54. The molecule has 0 aliphatic heterocycles. The molecule has 12 heavy (non-hydrogen) atoms. The largest absolute Gasteiger partial charge is 0.380 e. The van der Waals surface area contributed by atoms with E-state index in [1.165, 1.54) is 0 Å². The van der Waals surface area contributed by atoms with Gasteiger partial charge in [-0.05, 0) is 26.4 Å². The molecule has 0 radical (unpaired) electrons. The van der Waals surface area contributed by atoms with E-state index in [4.69, 9.17) is 4.74 Å². The van der Waals surface area contributed by atoms with Gasteiger partial charge in [0.25, 0.3) is 0 Å². The van der Waals surface area contributed by atoms with E-state index in [1.807, 2.05) is 0 Å². The van der Waals surface area contributed by atoms with Crippen molar-refractivity contribution in [2.24, 2.45) is 5.92 Å². The second-order valence-electron chi connectivity index (χ2n) is 3.88. The molecular formula is C10H23NO. The number of hydrogen-bond acceptors (Lipinski definition) is 2. The smallest absolute Gasteiger partial charge is 0.0726 e. The summed E-state index contributed by atoms with van der Waals surface area (Å²) in [6.45, 7) is 6.66. The van der Waals surface area contributed by atoms with E-state index in [-0.39, 0.29) is 0 Å². The molecule has 0 aromatic heterocycles. The Morgan fingerprint density at radius 2 is 1.75 bits per heavy atom. The summed E-state index contributed by atoms with van der Waals surface area (Å²) in [6, 6.07) is 0.528. The van der Waals surface area contributed by atoms with Crippen molar-refractivity contribution in [1.82, 2.24) is 4.90 Å². The maximum absolute atomic E-state index is 5.44. The van der Waals surface area contributed by atoms with Crippen LogP contribution in [0.1, 0.15) is 27.2 Å². The summed E-state index contributed by atoms with van der Waals surface area (Å²) in [5.41, 5.74) is 0. The van der Waals surface area contributed by atoms with E-state index in [2.05, 4.69) is 39.8 Å². The van der Waals surface area contributed by atoms with Crippen molar-refractivity contribution < 1.29 is 4.74 Å². The van der Waals surface area contributed by atoms with Crippen LogP contribution in [0.5, 0.6) is 0 Å². The molecule has 0 bridgehead atoms. The summed E-state index contributed by atoms with van der Waals surface area (Å²) >= 11 is 0. The maximum atomic E-state index is 5.44. The van der Waals surface area contributed by atoms with Gasteiger partial charge in [-0.15, -0.1) is 0 Å². The van der Waals surface area contributed by atoms with Gasteiger partial charge < -0.3 is 9.64 Å². The first-order valence-electron chi connectivity index (χ1n) is 4.73. The first kappa shape index (κ1) is 11.9. The standard InChI is InChI=1S/C10H23NO/c1-7-9(12-6)10(8(2)3)11(4)5/h8-10H,7H2,1-6H3/t9-,10+/m0/s1. The lowest BCUT2D eigenvalue weighted by atomic mass is 9.96. The zero-order valence-electron chi connectivity index (χ0n) is 9.29. The van der Waals surface area contributed by atoms with Gasteiger partial charge in [-0.3, -0.25) is 0 Å². The Morgan fingerprint density at radius 3 is 1.83 bits per heavy atom. The molecule has 0 heterocycles. The molecule has 2 atom stereocenters. The highest BCUT2D eigenvalue weighted by Gasteiger charge is 2.24. The van der Waals surface area contributed by atoms with Gasteiger partial charge in [0.15, 0.2) is 0 Å². The van der Waals surface area contributed by atoms with E-state index >= 15 is 0 Å². The minimum atomic E-state index is 0.361. The van der Waals surface area contributed by atoms with Gasteiger partial charge >= 0.3 is 0 Å². The van der Waals surface area contributed by atoms with Crippen molar-refractivity contribution >= 4 is 0 Å². The van der Waals surface area contributed by atoms with Crippen LogP contribution in [-0.2, 0) is 4.74 Å². The summed E-state index contributed by atoms with van der Waals surface area (Å²) in [5.74, 6) is 0.643. The highest BCUT2D eigenvalue weighted by atomic mass is 16.5. The van der Waals surface area contributed by atoms with E-state index < -0.39 is 0 Å². The predicted molar refractivity (Wildman–Crippen MR) is 53.4 cm³/mol. The minimum absolute atomic E-state index is 0.361. The molecule has 0 aromatic rings. The van der Waals surface area contributed by atoms with Gasteiger partial charge in [0.05, 0.1) is 6.10 Å². The average molecular weight is 173 g/mol. The molecule has 2 heteroatoms. The van der Waals surface area contributed by atoms with Crippen molar-refractivity contribution in [2.45, 2.75) is 39.3 Å². The van der Waals surface area contributed by atoms with Crippen LogP contribution in [0.4, 0.5) is 0 Å². The SMILES string of the molecule is CC[C@H](OC)[C@@H](C(C)C)N(C)C. The maximum Gasteiger partial charge on any atom is 0.0726 e. The van der Waals surface area contributed by atoms with E-state index in [9.17, 15) is 0 Å². The van der Waals surface area contributed by atoms with Crippen molar-refractivity contribution in [3.05, 3.63) is 0 Å². The zero-order valence-corrected chi connectivity index (χ0v) is 9.29. The Hall–Kier alpha value is -0.0800. The van der Waals surface area contributed by atoms with Gasteiger partial charge in [0.1, 0.15) is 0 Å². The first-order valence-corrected chi connectivity index (χ1v) is 4.73. The Labute approximate surface area is 76.9 Å². The molecular weight excluding hydrogens is 150 g/mol. The molecule has 0 aromatic carbocycles. The summed E-state index contributed by atoms with van der Waals surface area (Å²) in [6.07, 6.45) is 1.44. The van der Waals surface area contributed by atoms with Crippen LogP contribution >= 0.6 is 0 Å². The third kappa shape index (κ3) is 3.11. The minimum Gasteiger partial charge on any atom is -0.380 e. The monoisotopic (exact) mass is 173 g/mol. The number of likely N-dealkylation sites (N-methyl/N-ethyl adjacent to an activating group) is 1. The lowest BCUT2D eigenvalue weighted by molar-refractivity contribution is 0.0108. The molecule has 0 saturated carbocycles. The normalized spacial score (nSPS) is 17.0. The van der Waals surface area contributed by atoms with Crippen LogP contribution < -0.4 is 0 Å². The van der Waals surface area contributed by atoms with Crippen LogP contribution in [-0.4, -0.2) is 38.3 Å². The van der Waals surface area contributed by atoms with Gasteiger partial charge in [0.2, 0.25) is 0 Å². The molecule has 0 aliphatic carbocycles. The van der Waals surface area contributed by atoms with Crippen molar-refractivity contribution in [2.75, 3.05) is 21.2 Å². The van der Waals surface area contributed by atoms with Crippen LogP contribution in [0, 0.1) is 5.92 Å². The van der Waals surface area contributed by atoms with E-state index in [0.29, 0.717) is 18.1 Å². The van der Waals surface area contributed by atoms with Gasteiger partial charge in [-0.25, -0.2) is 0 Å². The number of methoxy groups -OCH3 is 1. The highest BCUT2D eigenvalue weighted by molar-refractivity contribution is 4.78. The Bertz CT molecular complexity index is 100. The van der Waals surface area contributed by atoms with Crippen LogP contribution in [0.2, 0.25) is 0 Å². The molecule has 0 unspecified atom stereocenters. The number of ether oxygens (including phenoxy) is 1. The summed E-state index contributed by atoms with van der Waals surface area (Å²) in [4.78, 5) is 2.25. The van der Waals surface area contributed by atoms with Crippen LogP contribution in [0.25, 0.3) is 0 Å². The summed E-state index contributed by atoms with van der Waals surface area (Å²) in [7, 11) is 6.03. The Kier molecular flexibility index (Phi) is 5.51. The zero-order chi connectivity index (χ0) is 9.72. The molecule has 0 N–H and O–H groups in total. The number of hydrogen-bond donors (Lipinski definition) is 0. The molecule has 0 spiro atoms. The average Bonchev–Trinajstić information content (AvgIpc) is 1.98. The molecule has 0 amide bonds. The fourth-order valence-electron chi connectivity index (χ4n) is 1.91. The van der Waals surface area contributed by atoms with Gasteiger partial charge in [0, 0.05) is 13.2 Å². The van der Waals surface area contributed by atoms with Gasteiger partial charge in [-0.2, -0.15) is 0 Å². The molecule has 2 nitrogen and oxygen atoms in total. The quantitative estimate of drug-likeness (QED) is 0.630. The Morgan fingerprint density at radius 1 is 1.25 bits per heavy atom. The topological polar surface area (TPSA) is 12.5 Å². The van der Waals surface area contributed by atoms with E-state index in [1.54, 1.807) is 7.11 Å². The number of rotatable bonds is 5. The molecule has 74 valence electrons. The lowest BCUT2D eigenvalue weighted by Crippen LogP contribution is -2.43. The second kappa shape index (κ2) is 5.55. The fourth-order valence-corrected chi connectivity index (χ4v) is 1.91. The third-order valence-corrected chi connectivity index (χ3v) is 2.37. The third-order valence-electron chi connectivity index (χ3n) is 2.37. The lowest BCUT2D eigenvalue weighted by Gasteiger charge is -2.33.